The zero-order valence-corrected chi connectivity index (χ0v) is 20.2. The van der Waals surface area contributed by atoms with Crippen LogP contribution in [0.25, 0.3) is 0 Å². The lowest BCUT2D eigenvalue weighted by Crippen LogP contribution is -2.56. The predicted octanol–water partition coefficient (Wildman–Crippen LogP) is 2.88. The molecule has 1 saturated heterocycles. The molecule has 0 bridgehead atoms. The molecule has 2 amide bonds. The molecule has 3 N–H and O–H groups in total. The Bertz CT molecular complexity index is 979. The van der Waals surface area contributed by atoms with Crippen molar-refractivity contribution in [3.05, 3.63) is 23.8 Å². The van der Waals surface area contributed by atoms with Gasteiger partial charge in [0.15, 0.2) is 0 Å². The summed E-state index contributed by atoms with van der Waals surface area (Å²) in [5, 5.41) is 6.41. The van der Waals surface area contributed by atoms with Crippen molar-refractivity contribution in [1.82, 2.24) is 10.4 Å². The average molecular weight is 470 g/mol. The number of hydrogen-bond acceptors (Lipinski definition) is 6. The number of ether oxygens (including phenoxy) is 1. The number of primary sulfonamides is 1. The number of methoxy groups -OCH3 is 1. The van der Waals surface area contributed by atoms with Gasteiger partial charge in [-0.1, -0.05) is 20.8 Å². The first kappa shape index (κ1) is 23.9. The van der Waals surface area contributed by atoms with Crippen LogP contribution in [0.3, 0.4) is 0 Å². The van der Waals surface area contributed by atoms with E-state index >= 15 is 0 Å². The van der Waals surface area contributed by atoms with Gasteiger partial charge in [-0.25, -0.2) is 18.6 Å². The molecule has 1 aliphatic carbocycles. The Labute approximate surface area is 188 Å². The first-order valence-electron chi connectivity index (χ1n) is 10.3. The van der Waals surface area contributed by atoms with Crippen LogP contribution in [0.5, 0.6) is 5.75 Å². The van der Waals surface area contributed by atoms with Crippen LogP contribution in [0.2, 0.25) is 0 Å². The third kappa shape index (κ3) is 4.70. The summed E-state index contributed by atoms with van der Waals surface area (Å²) in [7, 11) is -2.60. The number of amides is 2. The first-order chi connectivity index (χ1) is 14.3. The molecule has 1 atom stereocenters. The maximum Gasteiger partial charge on any atom is 0.273 e. The number of hydrogen-bond donors (Lipinski definition) is 2. The van der Waals surface area contributed by atoms with E-state index in [-0.39, 0.29) is 32.8 Å². The number of carbonyl (C=O) groups excluding carboxylic acids is 2. The van der Waals surface area contributed by atoms with Crippen molar-refractivity contribution in [3.63, 3.8) is 0 Å². The summed E-state index contributed by atoms with van der Waals surface area (Å²) in [5.74, 6) is -0.0270. The monoisotopic (exact) mass is 469 g/mol. The molecule has 2 aliphatic rings. The number of nitrogens with two attached hydrogens (primary N) is 1. The van der Waals surface area contributed by atoms with Gasteiger partial charge in [-0.3, -0.25) is 15.0 Å². The Hall–Kier alpha value is -1.78. The largest absolute Gasteiger partial charge is 0.496 e. The quantitative estimate of drug-likeness (QED) is 0.700. The molecule has 0 radical (unpaired) electrons. The van der Waals surface area contributed by atoms with Gasteiger partial charge in [-0.15, -0.1) is 11.8 Å². The molecule has 1 aliphatic heterocycles. The van der Waals surface area contributed by atoms with Crippen LogP contribution < -0.4 is 15.3 Å². The molecular formula is C21H31N3O5S2. The summed E-state index contributed by atoms with van der Waals surface area (Å²) in [6.07, 6.45) is 3.57. The zero-order chi connectivity index (χ0) is 23.2. The highest BCUT2D eigenvalue weighted by molar-refractivity contribution is 8.02. The molecule has 31 heavy (non-hydrogen) atoms. The van der Waals surface area contributed by atoms with Crippen LogP contribution in [0, 0.1) is 11.3 Å². The number of nitrogens with zero attached hydrogens (tertiary/aromatic N) is 1. The van der Waals surface area contributed by atoms with E-state index < -0.39 is 20.8 Å². The van der Waals surface area contributed by atoms with Crippen LogP contribution in [-0.4, -0.2) is 42.5 Å². The van der Waals surface area contributed by atoms with Crippen LogP contribution in [0.4, 0.5) is 0 Å². The van der Waals surface area contributed by atoms with Crippen LogP contribution in [0.15, 0.2) is 23.1 Å². The molecule has 1 aromatic carbocycles. The Morgan fingerprint density at radius 1 is 1.29 bits per heavy atom. The smallest absolute Gasteiger partial charge is 0.273 e. The molecule has 10 heteroatoms. The van der Waals surface area contributed by atoms with Crippen molar-refractivity contribution in [2.45, 2.75) is 68.4 Å². The van der Waals surface area contributed by atoms with Crippen molar-refractivity contribution in [3.8, 4) is 5.75 Å². The lowest BCUT2D eigenvalue weighted by molar-refractivity contribution is -0.136. The summed E-state index contributed by atoms with van der Waals surface area (Å²) >= 11 is 1.61. The molecular weight excluding hydrogens is 438 g/mol. The van der Waals surface area contributed by atoms with Gasteiger partial charge in [-0.05, 0) is 56.1 Å². The van der Waals surface area contributed by atoms with E-state index in [1.807, 2.05) is 6.92 Å². The molecule has 2 fully saturated rings. The molecule has 0 aromatic heterocycles. The fraction of sp³-hybridized carbons (Fsp3) is 0.619. The van der Waals surface area contributed by atoms with Gasteiger partial charge in [0, 0.05) is 6.07 Å². The van der Waals surface area contributed by atoms with E-state index in [0.717, 1.165) is 25.7 Å². The molecule has 8 nitrogen and oxygen atoms in total. The van der Waals surface area contributed by atoms with Crippen molar-refractivity contribution >= 4 is 33.6 Å². The minimum Gasteiger partial charge on any atom is -0.496 e. The number of carbonyl (C=O) groups is 2. The minimum absolute atomic E-state index is 0.0712. The van der Waals surface area contributed by atoms with Crippen molar-refractivity contribution < 1.29 is 22.7 Å². The molecule has 1 heterocycles. The molecule has 172 valence electrons. The van der Waals surface area contributed by atoms with E-state index in [9.17, 15) is 18.0 Å². The highest BCUT2D eigenvalue weighted by Gasteiger charge is 2.53. The van der Waals surface area contributed by atoms with Crippen LogP contribution >= 0.6 is 11.8 Å². The standard InChI is InChI=1S/C21H31N3O5S2/c1-13-19(26)24(21(30-13)10-8-14(9-11-21)20(2,3)4)23-18(25)16-7-6-15(31(22,27)28)12-17(16)29-5/h6-7,12-14H,8-11H2,1-5H3,(H,23,25)(H2,22,27,28). The number of benzene rings is 1. The van der Waals surface area contributed by atoms with E-state index in [4.69, 9.17) is 9.88 Å². The van der Waals surface area contributed by atoms with Gasteiger partial charge in [-0.2, -0.15) is 0 Å². The van der Waals surface area contributed by atoms with Crippen molar-refractivity contribution in [2.24, 2.45) is 16.5 Å². The number of thioether (sulfide) groups is 1. The number of sulfonamides is 1. The third-order valence-corrected chi connectivity index (χ3v) is 8.82. The molecule has 1 saturated carbocycles. The first-order valence-corrected chi connectivity index (χ1v) is 12.7. The third-order valence-electron chi connectivity index (χ3n) is 6.32. The summed E-state index contributed by atoms with van der Waals surface area (Å²) < 4.78 is 28.4. The molecule has 3 rings (SSSR count). The van der Waals surface area contributed by atoms with E-state index in [0.29, 0.717) is 5.92 Å². The van der Waals surface area contributed by atoms with Crippen molar-refractivity contribution in [2.75, 3.05) is 7.11 Å². The number of rotatable bonds is 4. The number of nitrogens with one attached hydrogen (secondary N) is 1. The lowest BCUT2D eigenvalue weighted by atomic mass is 9.71. The highest BCUT2D eigenvalue weighted by atomic mass is 32.2. The van der Waals surface area contributed by atoms with Gasteiger partial charge in [0.25, 0.3) is 11.8 Å². The van der Waals surface area contributed by atoms with E-state index in [2.05, 4.69) is 26.2 Å². The molecule has 1 aromatic rings. The average Bonchev–Trinajstić information content (AvgIpc) is 2.90. The Kier molecular flexibility index (Phi) is 6.38. The SMILES string of the molecule is COc1cc(S(N)(=O)=O)ccc1C(=O)NN1C(=O)C(C)SC12CCC(C(C)(C)C)CC2. The number of hydrazine groups is 1. The maximum absolute atomic E-state index is 13.1. The Balaban J connectivity index is 1.85. The normalized spacial score (nSPS) is 26.9. The second-order valence-electron chi connectivity index (χ2n) is 9.37. The molecule has 1 unspecified atom stereocenters. The topological polar surface area (TPSA) is 119 Å². The van der Waals surface area contributed by atoms with Crippen LogP contribution in [0.1, 0.15) is 63.7 Å². The minimum atomic E-state index is -3.94. The highest BCUT2D eigenvalue weighted by Crippen LogP contribution is 2.53. The fourth-order valence-electron chi connectivity index (χ4n) is 4.45. The summed E-state index contributed by atoms with van der Waals surface area (Å²) in [4.78, 5) is 25.4. The van der Waals surface area contributed by atoms with Gasteiger partial charge < -0.3 is 4.74 Å². The molecule has 1 spiro atoms. The predicted molar refractivity (Wildman–Crippen MR) is 120 cm³/mol. The van der Waals surface area contributed by atoms with Gasteiger partial charge in [0.2, 0.25) is 10.0 Å². The Morgan fingerprint density at radius 3 is 2.42 bits per heavy atom. The Morgan fingerprint density at radius 2 is 1.90 bits per heavy atom. The summed E-state index contributed by atoms with van der Waals surface area (Å²) in [6, 6.07) is 3.80. The van der Waals surface area contributed by atoms with Gasteiger partial charge in [0.05, 0.1) is 22.8 Å². The van der Waals surface area contributed by atoms with E-state index in [1.54, 1.807) is 11.8 Å². The fourth-order valence-corrected chi connectivity index (χ4v) is 6.55. The summed E-state index contributed by atoms with van der Waals surface area (Å²) in [5.41, 5.74) is 3.12. The second-order valence-corrected chi connectivity index (χ2v) is 12.6. The maximum atomic E-state index is 13.1. The van der Waals surface area contributed by atoms with Crippen LogP contribution in [-0.2, 0) is 14.8 Å². The van der Waals surface area contributed by atoms with Gasteiger partial charge >= 0.3 is 0 Å². The van der Waals surface area contributed by atoms with E-state index in [1.165, 1.54) is 30.3 Å². The zero-order valence-electron chi connectivity index (χ0n) is 18.6. The van der Waals surface area contributed by atoms with Gasteiger partial charge in [0.1, 0.15) is 10.6 Å². The second kappa shape index (κ2) is 8.29. The van der Waals surface area contributed by atoms with Crippen molar-refractivity contribution in [1.29, 1.82) is 0 Å². The lowest BCUT2D eigenvalue weighted by Gasteiger charge is -2.45. The summed E-state index contributed by atoms with van der Waals surface area (Å²) in [6.45, 7) is 8.57.